The largest absolute Gasteiger partial charge is 0.350 e. The van der Waals surface area contributed by atoms with Crippen LogP contribution in [-0.2, 0) is 11.3 Å². The van der Waals surface area contributed by atoms with Gasteiger partial charge in [0.05, 0.1) is 5.56 Å². The molecule has 0 fully saturated rings. The van der Waals surface area contributed by atoms with E-state index in [0.29, 0.717) is 22.2 Å². The number of nitrogens with one attached hydrogen (secondary N) is 2. The van der Waals surface area contributed by atoms with Gasteiger partial charge in [0.15, 0.2) is 11.5 Å². The van der Waals surface area contributed by atoms with Crippen molar-refractivity contribution in [3.05, 3.63) is 69.9 Å². The average molecular weight is 451 g/mol. The average Bonchev–Trinajstić information content (AvgIpc) is 3.49. The summed E-state index contributed by atoms with van der Waals surface area (Å²) in [5.74, 6) is 0.486. The number of anilines is 1. The predicted molar refractivity (Wildman–Crippen MR) is 115 cm³/mol. The number of carbonyl (C=O) groups excluding carboxylic acids is 1. The standard InChI is InChI=1S/C20H15ClN8O3/c1-11-9-15(25-24-11)22-16(30)10-29-20(31)28-8-2-3-14(18(28)26-29)19-23-17(27-32-19)12-4-6-13(21)7-5-12/h2-9H,10H2,1H3,(H2,22,24,25,30). The molecule has 12 heteroatoms. The summed E-state index contributed by atoms with van der Waals surface area (Å²) in [5.41, 5.74) is 1.79. The van der Waals surface area contributed by atoms with Crippen molar-refractivity contribution in [1.29, 1.82) is 0 Å². The van der Waals surface area contributed by atoms with Crippen LogP contribution in [0.25, 0.3) is 28.5 Å². The van der Waals surface area contributed by atoms with E-state index in [1.54, 1.807) is 48.7 Å². The highest BCUT2D eigenvalue weighted by Crippen LogP contribution is 2.25. The molecular weight excluding hydrogens is 436 g/mol. The van der Waals surface area contributed by atoms with Crippen molar-refractivity contribution in [1.82, 2.24) is 34.5 Å². The first-order valence-corrected chi connectivity index (χ1v) is 9.86. The van der Waals surface area contributed by atoms with Gasteiger partial charge in [-0.15, -0.1) is 5.10 Å². The molecule has 1 amide bonds. The number of aryl methyl sites for hydroxylation is 1. The minimum atomic E-state index is -0.479. The van der Waals surface area contributed by atoms with Crippen molar-refractivity contribution < 1.29 is 9.32 Å². The van der Waals surface area contributed by atoms with Gasteiger partial charge in [0.1, 0.15) is 6.54 Å². The van der Waals surface area contributed by atoms with Gasteiger partial charge in [0.25, 0.3) is 5.89 Å². The van der Waals surface area contributed by atoms with Crippen LogP contribution >= 0.6 is 11.6 Å². The number of hydrogen-bond acceptors (Lipinski definition) is 7. The maximum absolute atomic E-state index is 12.7. The maximum Gasteiger partial charge on any atom is 0.350 e. The van der Waals surface area contributed by atoms with E-state index in [-0.39, 0.29) is 18.1 Å². The third-order valence-electron chi connectivity index (χ3n) is 4.64. The van der Waals surface area contributed by atoms with E-state index < -0.39 is 11.6 Å². The molecule has 4 heterocycles. The van der Waals surface area contributed by atoms with Gasteiger partial charge in [0.2, 0.25) is 11.7 Å². The van der Waals surface area contributed by atoms with Gasteiger partial charge in [-0.1, -0.05) is 16.8 Å². The molecule has 0 aliphatic heterocycles. The third-order valence-corrected chi connectivity index (χ3v) is 4.89. The summed E-state index contributed by atoms with van der Waals surface area (Å²) in [5, 5.41) is 18.2. The van der Waals surface area contributed by atoms with Gasteiger partial charge in [0, 0.05) is 28.5 Å². The topological polar surface area (TPSA) is 136 Å². The molecule has 32 heavy (non-hydrogen) atoms. The highest BCUT2D eigenvalue weighted by atomic mass is 35.5. The second-order valence-electron chi connectivity index (χ2n) is 6.97. The fraction of sp³-hybridized carbons (Fsp3) is 0.100. The van der Waals surface area contributed by atoms with Crippen LogP contribution in [0.1, 0.15) is 5.69 Å². The minimum absolute atomic E-state index is 0.189. The summed E-state index contributed by atoms with van der Waals surface area (Å²) in [4.78, 5) is 29.5. The molecule has 0 radical (unpaired) electrons. The van der Waals surface area contributed by atoms with Gasteiger partial charge in [-0.05, 0) is 43.3 Å². The van der Waals surface area contributed by atoms with Crippen molar-refractivity contribution >= 4 is 29.0 Å². The summed E-state index contributed by atoms with van der Waals surface area (Å²) in [6.07, 6.45) is 1.55. The van der Waals surface area contributed by atoms with Crippen molar-refractivity contribution in [3.63, 3.8) is 0 Å². The highest BCUT2D eigenvalue weighted by molar-refractivity contribution is 6.30. The van der Waals surface area contributed by atoms with E-state index in [4.69, 9.17) is 16.1 Å². The number of fused-ring (bicyclic) bond motifs is 1. The molecule has 0 aliphatic rings. The Kier molecular flexibility index (Phi) is 4.79. The number of amides is 1. The van der Waals surface area contributed by atoms with Crippen LogP contribution in [0.3, 0.4) is 0 Å². The molecule has 0 saturated carbocycles. The van der Waals surface area contributed by atoms with Crippen LogP contribution < -0.4 is 11.0 Å². The molecule has 4 aromatic heterocycles. The number of H-pyrrole nitrogens is 1. The molecule has 160 valence electrons. The Bertz CT molecular complexity index is 1500. The molecular formula is C20H15ClN8O3. The zero-order valence-electron chi connectivity index (χ0n) is 16.6. The van der Waals surface area contributed by atoms with Gasteiger partial charge in [-0.3, -0.25) is 9.89 Å². The summed E-state index contributed by atoms with van der Waals surface area (Å²) < 4.78 is 7.78. The minimum Gasteiger partial charge on any atom is -0.333 e. The lowest BCUT2D eigenvalue weighted by atomic mass is 10.2. The SMILES string of the molecule is Cc1cc(NC(=O)Cn2nc3c(-c4nc(-c5ccc(Cl)cc5)no4)cccn3c2=O)n[nH]1. The van der Waals surface area contributed by atoms with E-state index in [0.717, 1.165) is 15.9 Å². The van der Waals surface area contributed by atoms with Crippen molar-refractivity contribution in [3.8, 4) is 22.8 Å². The first-order valence-electron chi connectivity index (χ1n) is 9.48. The molecule has 0 bridgehead atoms. The second-order valence-corrected chi connectivity index (χ2v) is 7.41. The van der Waals surface area contributed by atoms with E-state index in [2.05, 4.69) is 30.8 Å². The van der Waals surface area contributed by atoms with Gasteiger partial charge >= 0.3 is 5.69 Å². The van der Waals surface area contributed by atoms with Gasteiger partial charge < -0.3 is 9.84 Å². The van der Waals surface area contributed by atoms with E-state index in [1.165, 1.54) is 4.40 Å². The molecule has 0 unspecified atom stereocenters. The lowest BCUT2D eigenvalue weighted by Crippen LogP contribution is -2.28. The number of benzene rings is 1. The summed E-state index contributed by atoms with van der Waals surface area (Å²) in [7, 11) is 0. The number of aromatic amines is 1. The van der Waals surface area contributed by atoms with E-state index in [1.807, 2.05) is 6.92 Å². The summed E-state index contributed by atoms with van der Waals surface area (Å²) >= 11 is 5.92. The fourth-order valence-corrected chi connectivity index (χ4v) is 3.28. The van der Waals surface area contributed by atoms with Crippen molar-refractivity contribution in [2.45, 2.75) is 13.5 Å². The zero-order chi connectivity index (χ0) is 22.2. The van der Waals surface area contributed by atoms with Crippen LogP contribution in [0.15, 0.2) is 58.0 Å². The molecule has 0 atom stereocenters. The molecule has 0 spiro atoms. The number of hydrogen-bond donors (Lipinski definition) is 2. The summed E-state index contributed by atoms with van der Waals surface area (Å²) in [6, 6.07) is 12.0. The molecule has 0 aliphatic carbocycles. The Morgan fingerprint density at radius 1 is 1.25 bits per heavy atom. The Morgan fingerprint density at radius 2 is 2.06 bits per heavy atom. The second kappa shape index (κ2) is 7.78. The van der Waals surface area contributed by atoms with Crippen LogP contribution in [0, 0.1) is 6.92 Å². The first-order chi connectivity index (χ1) is 15.5. The Morgan fingerprint density at radius 3 is 2.81 bits per heavy atom. The molecule has 0 saturated heterocycles. The Labute approximate surface area is 184 Å². The predicted octanol–water partition coefficient (Wildman–Crippen LogP) is 2.54. The number of pyridine rings is 1. The van der Waals surface area contributed by atoms with E-state index in [9.17, 15) is 9.59 Å². The van der Waals surface area contributed by atoms with Crippen LogP contribution in [0.5, 0.6) is 0 Å². The van der Waals surface area contributed by atoms with Crippen molar-refractivity contribution in [2.24, 2.45) is 0 Å². The quantitative estimate of drug-likeness (QED) is 0.420. The highest BCUT2D eigenvalue weighted by Gasteiger charge is 2.19. The number of halogens is 1. The smallest absolute Gasteiger partial charge is 0.333 e. The van der Waals surface area contributed by atoms with Crippen molar-refractivity contribution in [2.75, 3.05) is 5.32 Å². The molecule has 11 nitrogen and oxygen atoms in total. The number of rotatable bonds is 5. The van der Waals surface area contributed by atoms with Crippen LogP contribution in [0.4, 0.5) is 5.82 Å². The Balaban J connectivity index is 1.46. The number of carbonyl (C=O) groups is 1. The fourth-order valence-electron chi connectivity index (χ4n) is 3.16. The molecule has 1 aromatic carbocycles. The summed E-state index contributed by atoms with van der Waals surface area (Å²) in [6.45, 7) is 1.53. The number of nitrogens with zero attached hydrogens (tertiary/aromatic N) is 6. The monoisotopic (exact) mass is 450 g/mol. The van der Waals surface area contributed by atoms with Gasteiger partial charge in [-0.25, -0.2) is 13.9 Å². The third kappa shape index (κ3) is 3.65. The van der Waals surface area contributed by atoms with Gasteiger partial charge in [-0.2, -0.15) is 10.1 Å². The molecule has 5 rings (SSSR count). The Hall–Kier alpha value is -4.25. The normalized spacial score (nSPS) is 11.2. The van der Waals surface area contributed by atoms with Crippen LogP contribution in [0.2, 0.25) is 5.02 Å². The first kappa shape index (κ1) is 19.7. The zero-order valence-corrected chi connectivity index (χ0v) is 17.4. The van der Waals surface area contributed by atoms with Crippen LogP contribution in [-0.4, -0.2) is 40.4 Å². The molecule has 2 N–H and O–H groups in total. The molecule has 5 aromatic rings. The lowest BCUT2D eigenvalue weighted by molar-refractivity contribution is -0.117. The lowest BCUT2D eigenvalue weighted by Gasteiger charge is -2.00. The van der Waals surface area contributed by atoms with E-state index >= 15 is 0 Å². The number of aromatic nitrogens is 7. The maximum atomic E-state index is 12.7.